The number of aliphatic hydroxyl groups is 1. The van der Waals surface area contributed by atoms with Crippen LogP contribution >= 0.6 is 15.6 Å². The van der Waals surface area contributed by atoms with E-state index in [9.17, 15) is 43.2 Å². The van der Waals surface area contributed by atoms with Crippen molar-refractivity contribution >= 4 is 39.5 Å². The first-order chi connectivity index (χ1) is 42.2. The van der Waals surface area contributed by atoms with E-state index in [2.05, 4.69) is 48.5 Å². The normalized spacial score (nSPS) is 14.2. The molecule has 0 aliphatic carbocycles. The molecule has 0 aliphatic rings. The Bertz CT molecular complexity index is 1730. The molecule has 88 heavy (non-hydrogen) atoms. The standard InChI is InChI=1S/C69H134O17P2/c1-8-9-10-33-43-50-66(71)79-56-64(85-68(73)53-46-39-32-26-20-19-23-29-36-42-49-62(6)7)58-83-87(75,76)81-54-63(70)55-82-88(77,78)84-59-65(57-80-67(72)51-44-37-30-24-18-14-16-22-28-35-41-48-61(4)5)86-69(74)52-45-38-31-25-17-13-11-12-15-21-27-34-40-47-60(2)3/h60-65,70H,8-59H2,1-7H3,(H,75,76)(H,77,78)/t63-,64+,65+/m0/s1. The number of phosphoric ester groups is 2. The number of ether oxygens (including phenoxy) is 4. The first-order valence-electron chi connectivity index (χ1n) is 35.8. The summed E-state index contributed by atoms with van der Waals surface area (Å²) >= 11 is 0. The van der Waals surface area contributed by atoms with Gasteiger partial charge in [0.1, 0.15) is 19.3 Å². The second-order valence-corrected chi connectivity index (χ2v) is 29.3. The highest BCUT2D eigenvalue weighted by Gasteiger charge is 2.30. The average Bonchev–Trinajstić information content (AvgIpc) is 3.69. The van der Waals surface area contributed by atoms with Gasteiger partial charge in [0.25, 0.3) is 0 Å². The molecule has 2 unspecified atom stereocenters. The largest absolute Gasteiger partial charge is 0.472 e. The molecule has 0 aromatic heterocycles. The van der Waals surface area contributed by atoms with E-state index < -0.39 is 97.5 Å². The molecule has 0 saturated heterocycles. The van der Waals surface area contributed by atoms with Crippen molar-refractivity contribution in [3.05, 3.63) is 0 Å². The third-order valence-electron chi connectivity index (χ3n) is 15.9. The number of phosphoric acid groups is 2. The third kappa shape index (κ3) is 62.8. The van der Waals surface area contributed by atoms with E-state index in [1.165, 1.54) is 148 Å². The molecular weight excluding hydrogens is 1160 g/mol. The lowest BCUT2D eigenvalue weighted by Crippen LogP contribution is -2.30. The molecule has 0 bridgehead atoms. The highest BCUT2D eigenvalue weighted by atomic mass is 31.2. The van der Waals surface area contributed by atoms with Crippen molar-refractivity contribution in [2.75, 3.05) is 39.6 Å². The van der Waals surface area contributed by atoms with Crippen LogP contribution in [0, 0.1) is 17.8 Å². The van der Waals surface area contributed by atoms with Crippen LogP contribution in [0.4, 0.5) is 0 Å². The number of carbonyl (C=O) groups is 4. The summed E-state index contributed by atoms with van der Waals surface area (Å²) in [5, 5.41) is 10.6. The molecule has 0 rings (SSSR count). The van der Waals surface area contributed by atoms with Gasteiger partial charge in [0.15, 0.2) is 12.2 Å². The minimum Gasteiger partial charge on any atom is -0.462 e. The Labute approximate surface area is 537 Å². The fourth-order valence-corrected chi connectivity index (χ4v) is 11.9. The van der Waals surface area contributed by atoms with E-state index >= 15 is 0 Å². The van der Waals surface area contributed by atoms with E-state index in [0.717, 1.165) is 114 Å². The monoisotopic (exact) mass is 1300 g/mol. The van der Waals surface area contributed by atoms with E-state index in [-0.39, 0.29) is 25.7 Å². The SMILES string of the molecule is CCCCCCCC(=O)OC[C@H](COP(=O)(O)OC[C@H](O)COP(=O)(O)OC[C@@H](COC(=O)CCCCCCCCCCCCCC(C)C)OC(=O)CCCCCCCCCCCCCCCC(C)C)OC(=O)CCCCCCCCCCCCC(C)C. The highest BCUT2D eigenvalue weighted by Crippen LogP contribution is 2.45. The Hall–Kier alpha value is -1.94. The maximum atomic E-state index is 13.0. The van der Waals surface area contributed by atoms with Gasteiger partial charge in [-0.05, 0) is 43.4 Å². The van der Waals surface area contributed by atoms with Gasteiger partial charge in [0.2, 0.25) is 0 Å². The maximum Gasteiger partial charge on any atom is 0.472 e. The zero-order chi connectivity index (χ0) is 65.2. The predicted octanol–water partition coefficient (Wildman–Crippen LogP) is 19.5. The fraction of sp³-hybridized carbons (Fsp3) is 0.942. The van der Waals surface area contributed by atoms with Crippen molar-refractivity contribution in [3.8, 4) is 0 Å². The van der Waals surface area contributed by atoms with Crippen molar-refractivity contribution < 1.29 is 80.2 Å². The maximum absolute atomic E-state index is 13.0. The van der Waals surface area contributed by atoms with Crippen molar-refractivity contribution in [2.24, 2.45) is 17.8 Å². The summed E-state index contributed by atoms with van der Waals surface area (Å²) in [6.07, 6.45) is 43.4. The quantitative estimate of drug-likeness (QED) is 0.0222. The lowest BCUT2D eigenvalue weighted by Gasteiger charge is -2.21. The van der Waals surface area contributed by atoms with Gasteiger partial charge in [0, 0.05) is 25.7 Å². The third-order valence-corrected chi connectivity index (χ3v) is 17.8. The van der Waals surface area contributed by atoms with Gasteiger partial charge in [-0.1, -0.05) is 292 Å². The van der Waals surface area contributed by atoms with Crippen LogP contribution in [0.3, 0.4) is 0 Å². The molecule has 0 radical (unpaired) electrons. The van der Waals surface area contributed by atoms with Crippen molar-refractivity contribution in [1.82, 2.24) is 0 Å². The van der Waals surface area contributed by atoms with Gasteiger partial charge in [-0.15, -0.1) is 0 Å². The van der Waals surface area contributed by atoms with Crippen LogP contribution in [-0.2, 0) is 65.4 Å². The second kappa shape index (κ2) is 60.0. The van der Waals surface area contributed by atoms with Gasteiger partial charge in [0.05, 0.1) is 26.4 Å². The van der Waals surface area contributed by atoms with Crippen LogP contribution in [0.25, 0.3) is 0 Å². The van der Waals surface area contributed by atoms with Crippen molar-refractivity contribution in [1.29, 1.82) is 0 Å². The van der Waals surface area contributed by atoms with Gasteiger partial charge < -0.3 is 33.8 Å². The van der Waals surface area contributed by atoms with Crippen LogP contribution in [0.2, 0.25) is 0 Å². The molecule has 522 valence electrons. The minimum atomic E-state index is -4.95. The summed E-state index contributed by atoms with van der Waals surface area (Å²) in [6, 6.07) is 0. The molecule has 17 nitrogen and oxygen atoms in total. The molecule has 5 atom stereocenters. The van der Waals surface area contributed by atoms with Gasteiger partial charge in [-0.25, -0.2) is 9.13 Å². The average molecular weight is 1300 g/mol. The lowest BCUT2D eigenvalue weighted by atomic mass is 10.0. The van der Waals surface area contributed by atoms with Crippen LogP contribution in [0.1, 0.15) is 344 Å². The topological polar surface area (TPSA) is 237 Å². The summed E-state index contributed by atoms with van der Waals surface area (Å²) in [6.45, 7) is 11.8. The van der Waals surface area contributed by atoms with Gasteiger partial charge in [-0.3, -0.25) is 37.3 Å². The molecule has 0 saturated carbocycles. The molecule has 0 aromatic carbocycles. The summed E-state index contributed by atoms with van der Waals surface area (Å²) in [5.74, 6) is 0.172. The molecule has 0 spiro atoms. The predicted molar refractivity (Wildman–Crippen MR) is 354 cm³/mol. The zero-order valence-electron chi connectivity index (χ0n) is 57.2. The fourth-order valence-electron chi connectivity index (χ4n) is 10.4. The van der Waals surface area contributed by atoms with Crippen LogP contribution in [-0.4, -0.2) is 96.7 Å². The Balaban J connectivity index is 5.17. The summed E-state index contributed by atoms with van der Waals surface area (Å²) in [7, 11) is -9.89. The molecule has 3 N–H and O–H groups in total. The Morgan fingerprint density at radius 2 is 0.523 bits per heavy atom. The van der Waals surface area contributed by atoms with Gasteiger partial charge in [-0.2, -0.15) is 0 Å². The Morgan fingerprint density at radius 3 is 0.773 bits per heavy atom. The number of unbranched alkanes of at least 4 members (excludes halogenated alkanes) is 35. The molecule has 0 aromatic rings. The van der Waals surface area contributed by atoms with Crippen LogP contribution in [0.5, 0.6) is 0 Å². The van der Waals surface area contributed by atoms with Crippen LogP contribution in [0.15, 0.2) is 0 Å². The number of rotatable bonds is 67. The smallest absolute Gasteiger partial charge is 0.462 e. The first kappa shape index (κ1) is 86.1. The Morgan fingerprint density at radius 1 is 0.307 bits per heavy atom. The van der Waals surface area contributed by atoms with Crippen molar-refractivity contribution in [3.63, 3.8) is 0 Å². The summed E-state index contributed by atoms with van der Waals surface area (Å²) < 4.78 is 68.1. The lowest BCUT2D eigenvalue weighted by molar-refractivity contribution is -0.161. The number of hydrogen-bond acceptors (Lipinski definition) is 15. The minimum absolute atomic E-state index is 0.105. The van der Waals surface area contributed by atoms with Gasteiger partial charge >= 0.3 is 39.5 Å². The number of esters is 4. The molecular formula is C69H134O17P2. The Kier molecular flexibility index (Phi) is 58.7. The summed E-state index contributed by atoms with van der Waals surface area (Å²) in [5.41, 5.74) is 0. The van der Waals surface area contributed by atoms with E-state index in [4.69, 9.17) is 37.0 Å². The molecule has 19 heteroatoms. The zero-order valence-corrected chi connectivity index (χ0v) is 59.0. The molecule has 0 fully saturated rings. The van der Waals surface area contributed by atoms with Crippen LogP contribution < -0.4 is 0 Å². The van der Waals surface area contributed by atoms with E-state index in [0.29, 0.717) is 25.7 Å². The molecule has 0 heterocycles. The van der Waals surface area contributed by atoms with E-state index in [1.807, 2.05) is 0 Å². The second-order valence-electron chi connectivity index (χ2n) is 26.3. The first-order valence-corrected chi connectivity index (χ1v) is 38.8. The number of aliphatic hydroxyl groups excluding tert-OH is 1. The summed E-state index contributed by atoms with van der Waals surface area (Å²) in [4.78, 5) is 72.2. The molecule has 0 amide bonds. The highest BCUT2D eigenvalue weighted by molar-refractivity contribution is 7.47. The van der Waals surface area contributed by atoms with Crippen molar-refractivity contribution in [2.45, 2.75) is 362 Å². The van der Waals surface area contributed by atoms with E-state index in [1.54, 1.807) is 0 Å². The number of carbonyl (C=O) groups excluding carboxylic acids is 4. The molecule has 0 aliphatic heterocycles. The number of hydrogen-bond donors (Lipinski definition) is 3.